The molecule has 0 atom stereocenters. The van der Waals surface area contributed by atoms with E-state index in [0.717, 1.165) is 0 Å². The molecule has 19 heavy (non-hydrogen) atoms. The fourth-order valence-electron chi connectivity index (χ4n) is 1.09. The second kappa shape index (κ2) is 6.07. The molecule has 104 valence electrons. The van der Waals surface area contributed by atoms with Crippen molar-refractivity contribution >= 4 is 17.5 Å². The monoisotopic (exact) mass is 276 g/mol. The van der Waals surface area contributed by atoms with Gasteiger partial charge in [-0.05, 0) is 12.1 Å². The minimum Gasteiger partial charge on any atom is -0.484 e. The number of hydrogen-bond acceptors (Lipinski definition) is 3. The van der Waals surface area contributed by atoms with Crippen LogP contribution in [0.1, 0.15) is 0 Å². The quantitative estimate of drug-likeness (QED) is 0.871. The van der Waals surface area contributed by atoms with Gasteiger partial charge in [0.2, 0.25) is 0 Å². The Kier molecular flexibility index (Phi) is 4.74. The molecule has 0 aromatic heterocycles. The van der Waals surface area contributed by atoms with Crippen LogP contribution in [0.4, 0.5) is 18.9 Å². The molecule has 0 spiro atoms. The van der Waals surface area contributed by atoms with Gasteiger partial charge < -0.3 is 15.4 Å². The van der Waals surface area contributed by atoms with Crippen molar-refractivity contribution in [3.63, 3.8) is 0 Å². The van der Waals surface area contributed by atoms with Crippen molar-refractivity contribution in [2.75, 3.05) is 19.0 Å². The maximum absolute atomic E-state index is 12.0. The molecule has 1 aromatic rings. The molecule has 0 heterocycles. The van der Waals surface area contributed by atoms with Crippen molar-refractivity contribution in [2.45, 2.75) is 6.18 Å². The first-order chi connectivity index (χ1) is 8.82. The Hall–Kier alpha value is -2.25. The fourth-order valence-corrected chi connectivity index (χ4v) is 1.09. The van der Waals surface area contributed by atoms with E-state index < -0.39 is 12.1 Å². The molecule has 0 aliphatic rings. The molecule has 2 amide bonds. The summed E-state index contributed by atoms with van der Waals surface area (Å²) in [5, 5.41) is 4.00. The van der Waals surface area contributed by atoms with Crippen LogP contribution in [0.5, 0.6) is 5.75 Å². The molecule has 1 rings (SSSR count). The second-order valence-corrected chi connectivity index (χ2v) is 3.44. The highest BCUT2D eigenvalue weighted by Gasteiger charge is 2.38. The molecule has 0 saturated heterocycles. The van der Waals surface area contributed by atoms with Crippen LogP contribution in [0.3, 0.4) is 0 Å². The van der Waals surface area contributed by atoms with Crippen LogP contribution >= 0.6 is 0 Å². The van der Waals surface area contributed by atoms with E-state index in [2.05, 4.69) is 5.32 Å². The number of rotatable bonds is 4. The number of carbonyl (C=O) groups excluding carboxylic acids is 2. The number of ether oxygens (including phenoxy) is 1. The third-order valence-electron chi connectivity index (χ3n) is 2.00. The highest BCUT2D eigenvalue weighted by Crippen LogP contribution is 2.21. The summed E-state index contributed by atoms with van der Waals surface area (Å²) in [6.07, 6.45) is -4.96. The summed E-state index contributed by atoms with van der Waals surface area (Å²) >= 11 is 0. The van der Waals surface area contributed by atoms with E-state index in [-0.39, 0.29) is 24.0 Å². The molecule has 0 unspecified atom stereocenters. The molecule has 0 saturated carbocycles. The van der Waals surface area contributed by atoms with Crippen LogP contribution in [0, 0.1) is 0 Å². The molecule has 1 aromatic carbocycles. The van der Waals surface area contributed by atoms with E-state index in [0.29, 0.717) is 0 Å². The van der Waals surface area contributed by atoms with Crippen LogP contribution in [0.15, 0.2) is 24.3 Å². The summed E-state index contributed by atoms with van der Waals surface area (Å²) in [4.78, 5) is 21.6. The van der Waals surface area contributed by atoms with E-state index in [4.69, 9.17) is 4.74 Å². The van der Waals surface area contributed by atoms with Crippen molar-refractivity contribution in [1.29, 1.82) is 0 Å². The van der Waals surface area contributed by atoms with Crippen LogP contribution in [-0.4, -0.2) is 31.6 Å². The van der Waals surface area contributed by atoms with Gasteiger partial charge in [-0.2, -0.15) is 13.2 Å². The van der Waals surface area contributed by atoms with Crippen molar-refractivity contribution in [2.24, 2.45) is 0 Å². The highest BCUT2D eigenvalue weighted by atomic mass is 19.4. The molecule has 0 fully saturated rings. The minimum atomic E-state index is -4.96. The molecule has 0 radical (unpaired) electrons. The normalized spacial score (nSPS) is 10.7. The molecule has 5 nitrogen and oxygen atoms in total. The van der Waals surface area contributed by atoms with Gasteiger partial charge in [-0.3, -0.25) is 9.59 Å². The molecular formula is C11H11F3N2O3. The summed E-state index contributed by atoms with van der Waals surface area (Å²) in [6, 6.07) is 5.31. The topological polar surface area (TPSA) is 67.4 Å². The number of alkyl halides is 3. The van der Waals surface area contributed by atoms with Gasteiger partial charge in [0.1, 0.15) is 5.75 Å². The van der Waals surface area contributed by atoms with Crippen molar-refractivity contribution < 1.29 is 27.5 Å². The zero-order valence-electron chi connectivity index (χ0n) is 9.88. The number of likely N-dealkylation sites (N-methyl/N-ethyl adjacent to an activating group) is 1. The predicted octanol–water partition coefficient (Wildman–Crippen LogP) is 1.31. The lowest BCUT2D eigenvalue weighted by Crippen LogP contribution is -2.29. The number of carbonyl (C=O) groups is 2. The zero-order chi connectivity index (χ0) is 14.5. The van der Waals surface area contributed by atoms with Gasteiger partial charge in [-0.1, -0.05) is 6.07 Å². The van der Waals surface area contributed by atoms with Gasteiger partial charge in [-0.15, -0.1) is 0 Å². The first kappa shape index (κ1) is 14.8. The summed E-state index contributed by atoms with van der Waals surface area (Å²) in [6.45, 7) is -0.271. The average Bonchev–Trinajstić information content (AvgIpc) is 2.35. The molecule has 2 N–H and O–H groups in total. The standard InChI is InChI=1S/C11H11F3N2O3/c1-15-9(17)6-19-8-4-2-3-7(5-8)16-10(18)11(12,13)14/h2-5H,6H2,1H3,(H,15,17)(H,16,18). The van der Waals surface area contributed by atoms with E-state index in [9.17, 15) is 22.8 Å². The van der Waals surface area contributed by atoms with Crippen LogP contribution < -0.4 is 15.4 Å². The third-order valence-corrected chi connectivity index (χ3v) is 2.00. The number of anilines is 1. The fraction of sp³-hybridized carbons (Fsp3) is 0.273. The number of amides is 2. The van der Waals surface area contributed by atoms with Crippen LogP contribution in [0.2, 0.25) is 0 Å². The van der Waals surface area contributed by atoms with Crippen molar-refractivity contribution in [1.82, 2.24) is 5.32 Å². The maximum Gasteiger partial charge on any atom is 0.471 e. The minimum absolute atomic E-state index is 0.0725. The Bertz CT molecular complexity index is 474. The smallest absolute Gasteiger partial charge is 0.471 e. The van der Waals surface area contributed by atoms with E-state index >= 15 is 0 Å². The second-order valence-electron chi connectivity index (χ2n) is 3.44. The third kappa shape index (κ3) is 4.86. The van der Waals surface area contributed by atoms with Crippen molar-refractivity contribution in [3.8, 4) is 5.75 Å². The van der Waals surface area contributed by atoms with Gasteiger partial charge >= 0.3 is 12.1 Å². The Labute approximate surface area is 106 Å². The Morgan fingerprint density at radius 1 is 1.32 bits per heavy atom. The first-order valence-corrected chi connectivity index (χ1v) is 5.14. The van der Waals surface area contributed by atoms with Gasteiger partial charge in [0.25, 0.3) is 5.91 Å². The highest BCUT2D eigenvalue weighted by molar-refractivity contribution is 5.95. The van der Waals surface area contributed by atoms with Gasteiger partial charge in [0, 0.05) is 18.8 Å². The summed E-state index contributed by atoms with van der Waals surface area (Å²) < 4.78 is 41.1. The van der Waals surface area contributed by atoms with E-state index in [1.165, 1.54) is 31.3 Å². The van der Waals surface area contributed by atoms with Crippen LogP contribution in [-0.2, 0) is 9.59 Å². The molecule has 0 aliphatic heterocycles. The Balaban J connectivity index is 2.67. The predicted molar refractivity (Wildman–Crippen MR) is 60.7 cm³/mol. The molecule has 8 heteroatoms. The summed E-state index contributed by atoms with van der Waals surface area (Å²) in [5.41, 5.74) is -0.0725. The number of benzene rings is 1. The zero-order valence-corrected chi connectivity index (χ0v) is 9.88. The largest absolute Gasteiger partial charge is 0.484 e. The van der Waals surface area contributed by atoms with Gasteiger partial charge in [0.05, 0.1) is 0 Å². The lowest BCUT2D eigenvalue weighted by Gasteiger charge is -2.10. The number of halogens is 3. The molecular weight excluding hydrogens is 265 g/mol. The Morgan fingerprint density at radius 2 is 2.00 bits per heavy atom. The number of nitrogens with one attached hydrogen (secondary N) is 2. The van der Waals surface area contributed by atoms with Crippen LogP contribution in [0.25, 0.3) is 0 Å². The van der Waals surface area contributed by atoms with E-state index in [1.54, 1.807) is 5.32 Å². The average molecular weight is 276 g/mol. The number of hydrogen-bond donors (Lipinski definition) is 2. The SMILES string of the molecule is CNC(=O)COc1cccc(NC(=O)C(F)(F)F)c1. The molecule has 0 aliphatic carbocycles. The molecule has 0 bridgehead atoms. The van der Waals surface area contributed by atoms with Crippen molar-refractivity contribution in [3.05, 3.63) is 24.3 Å². The lowest BCUT2D eigenvalue weighted by molar-refractivity contribution is -0.167. The summed E-state index contributed by atoms with van der Waals surface area (Å²) in [5.74, 6) is -2.29. The van der Waals surface area contributed by atoms with E-state index in [1.807, 2.05) is 0 Å². The summed E-state index contributed by atoms with van der Waals surface area (Å²) in [7, 11) is 1.42. The first-order valence-electron chi connectivity index (χ1n) is 5.14. The van der Waals surface area contributed by atoms with Gasteiger partial charge in [0.15, 0.2) is 6.61 Å². The maximum atomic E-state index is 12.0. The Morgan fingerprint density at radius 3 is 2.58 bits per heavy atom. The lowest BCUT2D eigenvalue weighted by atomic mass is 10.3. The van der Waals surface area contributed by atoms with Gasteiger partial charge in [-0.25, -0.2) is 0 Å².